The van der Waals surface area contributed by atoms with Crippen LogP contribution in [0.5, 0.6) is 17.2 Å². The molecule has 1 aromatic carbocycles. The summed E-state index contributed by atoms with van der Waals surface area (Å²) < 4.78 is 18.5. The van der Waals surface area contributed by atoms with Gasteiger partial charge in [0.1, 0.15) is 5.69 Å². The number of rotatable bonds is 8. The zero-order valence-corrected chi connectivity index (χ0v) is 17.9. The summed E-state index contributed by atoms with van der Waals surface area (Å²) in [6.45, 7) is 3.34. The minimum Gasteiger partial charge on any atom is -0.493 e. The molecule has 0 saturated heterocycles. The average molecular weight is 407 g/mol. The first-order valence-corrected chi connectivity index (χ1v) is 9.75. The summed E-state index contributed by atoms with van der Waals surface area (Å²) in [5.41, 5.74) is 10.8. The molecule has 2 aromatic heterocycles. The highest BCUT2D eigenvalue weighted by atomic mass is 16.5. The fraction of sp³-hybridized carbons (Fsp3) is 0.250. The number of aromatic nitrogens is 2. The second-order valence-electron chi connectivity index (χ2n) is 6.80. The third-order valence-electron chi connectivity index (χ3n) is 4.80. The topological polar surface area (TPSA) is 70.5 Å². The van der Waals surface area contributed by atoms with E-state index in [0.29, 0.717) is 23.8 Å². The lowest BCUT2D eigenvalue weighted by molar-refractivity contribution is -0.683. The van der Waals surface area contributed by atoms with E-state index in [4.69, 9.17) is 19.9 Å². The molecule has 0 saturated carbocycles. The number of ether oxygens (including phenoxy) is 3. The molecule has 0 aliphatic heterocycles. The Hall–Kier alpha value is -3.38. The van der Waals surface area contributed by atoms with Crippen LogP contribution in [0, 0.1) is 6.92 Å². The van der Waals surface area contributed by atoms with Gasteiger partial charge < -0.3 is 19.9 Å². The molecule has 2 N–H and O–H groups in total. The lowest BCUT2D eigenvalue weighted by Crippen LogP contribution is -2.39. The van der Waals surface area contributed by atoms with E-state index in [0.717, 1.165) is 34.6 Å². The van der Waals surface area contributed by atoms with Crippen LogP contribution in [0.1, 0.15) is 16.7 Å². The molecule has 0 amide bonds. The van der Waals surface area contributed by atoms with Crippen molar-refractivity contribution in [1.82, 2.24) is 4.98 Å². The Labute approximate surface area is 177 Å². The molecule has 156 valence electrons. The maximum absolute atomic E-state index is 5.80. The van der Waals surface area contributed by atoms with Crippen LogP contribution in [0.15, 0.2) is 48.8 Å². The number of nitrogens with zero attached hydrogens (tertiary/aromatic N) is 2. The lowest BCUT2D eigenvalue weighted by Gasteiger charge is -2.14. The predicted octanol–water partition coefficient (Wildman–Crippen LogP) is 3.50. The first kappa shape index (κ1) is 21.3. The standard InChI is InChI=1S/C24H28N3O3/c1-17-9-12-26-20(15-17)21-16-18(10-13-27(21)14-11-25)5-6-19-7-8-22(28-2)24(30-4)23(19)29-3/h5-10,12-13,15-16H,11,14,25H2,1-4H3/q+1/b6-5+. The van der Waals surface area contributed by atoms with E-state index in [2.05, 4.69) is 34.7 Å². The van der Waals surface area contributed by atoms with Crippen molar-refractivity contribution in [3.8, 4) is 28.6 Å². The number of methoxy groups -OCH3 is 3. The van der Waals surface area contributed by atoms with Crippen LogP contribution >= 0.6 is 0 Å². The van der Waals surface area contributed by atoms with E-state index >= 15 is 0 Å². The van der Waals surface area contributed by atoms with Crippen molar-refractivity contribution in [1.29, 1.82) is 0 Å². The van der Waals surface area contributed by atoms with Crippen LogP contribution in [-0.4, -0.2) is 32.9 Å². The van der Waals surface area contributed by atoms with Gasteiger partial charge in [-0.1, -0.05) is 12.2 Å². The van der Waals surface area contributed by atoms with Gasteiger partial charge in [-0.15, -0.1) is 0 Å². The summed E-state index contributed by atoms with van der Waals surface area (Å²) in [4.78, 5) is 4.55. The maximum Gasteiger partial charge on any atom is 0.231 e. The zero-order chi connectivity index (χ0) is 21.5. The molecule has 0 aliphatic carbocycles. The fourth-order valence-corrected chi connectivity index (χ4v) is 3.32. The third-order valence-corrected chi connectivity index (χ3v) is 4.80. The van der Waals surface area contributed by atoms with Gasteiger partial charge in [0.25, 0.3) is 0 Å². The Morgan fingerprint density at radius 2 is 1.77 bits per heavy atom. The van der Waals surface area contributed by atoms with Gasteiger partial charge in [-0.3, -0.25) is 0 Å². The summed E-state index contributed by atoms with van der Waals surface area (Å²) in [5.74, 6) is 1.82. The summed E-state index contributed by atoms with van der Waals surface area (Å²) in [6.07, 6.45) is 7.90. The van der Waals surface area contributed by atoms with Crippen molar-refractivity contribution < 1.29 is 18.8 Å². The number of pyridine rings is 2. The second-order valence-corrected chi connectivity index (χ2v) is 6.80. The average Bonchev–Trinajstić information content (AvgIpc) is 2.77. The molecule has 3 rings (SSSR count). The Kier molecular flexibility index (Phi) is 7.03. The van der Waals surface area contributed by atoms with Gasteiger partial charge in [0.2, 0.25) is 11.4 Å². The third kappa shape index (κ3) is 4.60. The molecule has 6 heteroatoms. The predicted molar refractivity (Wildman–Crippen MR) is 119 cm³/mol. The Balaban J connectivity index is 2.01. The van der Waals surface area contributed by atoms with Crippen LogP contribution in [0.3, 0.4) is 0 Å². The minimum atomic E-state index is 0.557. The van der Waals surface area contributed by atoms with E-state index in [1.54, 1.807) is 21.3 Å². The van der Waals surface area contributed by atoms with E-state index in [-0.39, 0.29) is 0 Å². The highest BCUT2D eigenvalue weighted by Gasteiger charge is 2.16. The molecule has 0 spiro atoms. The molecule has 0 aliphatic rings. The van der Waals surface area contributed by atoms with Crippen molar-refractivity contribution >= 4 is 12.2 Å². The van der Waals surface area contributed by atoms with Crippen molar-refractivity contribution in [3.63, 3.8) is 0 Å². The van der Waals surface area contributed by atoms with Gasteiger partial charge >= 0.3 is 0 Å². The van der Waals surface area contributed by atoms with Crippen LogP contribution in [-0.2, 0) is 6.54 Å². The van der Waals surface area contributed by atoms with E-state index < -0.39 is 0 Å². The molecular weight excluding hydrogens is 378 g/mol. The quantitative estimate of drug-likeness (QED) is 0.580. The smallest absolute Gasteiger partial charge is 0.231 e. The normalized spacial score (nSPS) is 11.0. The molecule has 0 atom stereocenters. The van der Waals surface area contributed by atoms with Crippen LogP contribution in [0.4, 0.5) is 0 Å². The Bertz CT molecular complexity index is 1050. The monoisotopic (exact) mass is 406 g/mol. The maximum atomic E-state index is 5.80. The molecule has 30 heavy (non-hydrogen) atoms. The zero-order valence-electron chi connectivity index (χ0n) is 17.9. The van der Waals surface area contributed by atoms with Crippen molar-refractivity contribution in [2.75, 3.05) is 27.9 Å². The SMILES string of the molecule is COc1ccc(/C=C/c2cc[n+](CCN)c(-c3cc(C)ccn3)c2)c(OC)c1OC. The number of aryl methyl sites for hydroxylation is 1. The Morgan fingerprint density at radius 3 is 2.43 bits per heavy atom. The number of benzene rings is 1. The van der Waals surface area contributed by atoms with Crippen LogP contribution in [0.25, 0.3) is 23.5 Å². The highest BCUT2D eigenvalue weighted by molar-refractivity contribution is 5.76. The van der Waals surface area contributed by atoms with Gasteiger partial charge in [0, 0.05) is 23.9 Å². The molecular formula is C24H28N3O3+. The van der Waals surface area contributed by atoms with E-state index in [1.165, 1.54) is 0 Å². The summed E-state index contributed by atoms with van der Waals surface area (Å²) in [7, 11) is 4.82. The summed E-state index contributed by atoms with van der Waals surface area (Å²) in [6, 6.07) is 12.0. The highest BCUT2D eigenvalue weighted by Crippen LogP contribution is 2.40. The Morgan fingerprint density at radius 1 is 0.967 bits per heavy atom. The van der Waals surface area contributed by atoms with Crippen LogP contribution in [0.2, 0.25) is 0 Å². The van der Waals surface area contributed by atoms with Gasteiger partial charge in [-0.25, -0.2) is 4.98 Å². The van der Waals surface area contributed by atoms with Gasteiger partial charge in [0.15, 0.2) is 24.2 Å². The molecule has 0 fully saturated rings. The molecule has 0 bridgehead atoms. The number of nitrogens with two attached hydrogens (primary N) is 1. The molecule has 6 nitrogen and oxygen atoms in total. The molecule has 2 heterocycles. The lowest BCUT2D eigenvalue weighted by atomic mass is 10.1. The van der Waals surface area contributed by atoms with Crippen molar-refractivity contribution in [2.45, 2.75) is 13.5 Å². The molecule has 3 aromatic rings. The van der Waals surface area contributed by atoms with Crippen molar-refractivity contribution in [2.24, 2.45) is 5.73 Å². The van der Waals surface area contributed by atoms with Crippen LogP contribution < -0.4 is 24.5 Å². The molecule has 0 radical (unpaired) electrons. The fourth-order valence-electron chi connectivity index (χ4n) is 3.32. The number of hydrogen-bond acceptors (Lipinski definition) is 5. The van der Waals surface area contributed by atoms with E-state index in [9.17, 15) is 0 Å². The molecule has 0 unspecified atom stereocenters. The van der Waals surface area contributed by atoms with Gasteiger partial charge in [-0.05, 0) is 42.3 Å². The summed E-state index contributed by atoms with van der Waals surface area (Å²) in [5, 5.41) is 0. The largest absolute Gasteiger partial charge is 0.493 e. The first-order chi connectivity index (χ1) is 14.6. The van der Waals surface area contributed by atoms with E-state index in [1.807, 2.05) is 42.7 Å². The summed E-state index contributed by atoms with van der Waals surface area (Å²) >= 11 is 0. The minimum absolute atomic E-state index is 0.557. The van der Waals surface area contributed by atoms with Crippen molar-refractivity contribution in [3.05, 3.63) is 65.5 Å². The van der Waals surface area contributed by atoms with Gasteiger partial charge in [0.05, 0.1) is 27.9 Å². The second kappa shape index (κ2) is 9.89. The van der Waals surface area contributed by atoms with Gasteiger partial charge in [-0.2, -0.15) is 4.57 Å². The number of hydrogen-bond donors (Lipinski definition) is 1. The first-order valence-electron chi connectivity index (χ1n) is 9.75.